The molecular weight excluding hydrogens is 236 g/mol. The summed E-state index contributed by atoms with van der Waals surface area (Å²) in [6.45, 7) is 8.89. The summed E-state index contributed by atoms with van der Waals surface area (Å²) in [5.41, 5.74) is 0.391. The molecule has 0 bridgehead atoms. The van der Waals surface area contributed by atoms with Crippen LogP contribution in [0.3, 0.4) is 0 Å². The Hall–Kier alpha value is -1.30. The van der Waals surface area contributed by atoms with E-state index >= 15 is 0 Å². The highest BCUT2D eigenvalue weighted by molar-refractivity contribution is 5.76. The molecule has 1 aliphatic carbocycles. The average molecular weight is 258 g/mol. The first-order valence-corrected chi connectivity index (χ1v) is 6.03. The molecule has 0 heterocycles. The maximum atomic E-state index is 11.4. The fourth-order valence-corrected chi connectivity index (χ4v) is 2.38. The van der Waals surface area contributed by atoms with Crippen molar-refractivity contribution < 1.29 is 19.8 Å². The molecular formula is C12H22N2O4. The van der Waals surface area contributed by atoms with Gasteiger partial charge < -0.3 is 20.8 Å². The summed E-state index contributed by atoms with van der Waals surface area (Å²) in [4.78, 5) is 21.7. The number of hydrogen-bond acceptors (Lipinski definition) is 3. The molecule has 1 saturated carbocycles. The van der Waals surface area contributed by atoms with Gasteiger partial charge in [0.1, 0.15) is 0 Å². The van der Waals surface area contributed by atoms with E-state index in [9.17, 15) is 9.59 Å². The van der Waals surface area contributed by atoms with Gasteiger partial charge in [-0.2, -0.15) is 0 Å². The summed E-state index contributed by atoms with van der Waals surface area (Å²) >= 11 is 0. The van der Waals surface area contributed by atoms with Crippen LogP contribution < -0.4 is 10.6 Å². The van der Waals surface area contributed by atoms with E-state index in [2.05, 4.69) is 38.3 Å². The first-order chi connectivity index (χ1) is 8.10. The maximum absolute atomic E-state index is 11.4. The van der Waals surface area contributed by atoms with Gasteiger partial charge in [0.2, 0.25) is 0 Å². The monoisotopic (exact) mass is 258 g/mol. The Morgan fingerprint density at radius 3 is 2.06 bits per heavy atom. The van der Waals surface area contributed by atoms with E-state index in [1.54, 1.807) is 0 Å². The molecule has 1 rings (SSSR count). The minimum atomic E-state index is -1.57. The molecule has 1 unspecified atom stereocenters. The van der Waals surface area contributed by atoms with E-state index in [0.717, 1.165) is 0 Å². The number of hydrogen-bond donors (Lipinski definition) is 4. The molecule has 6 heteroatoms. The highest BCUT2D eigenvalue weighted by atomic mass is 16.4. The number of nitrogens with one attached hydrogen (secondary N) is 2. The molecule has 4 N–H and O–H groups in total. The molecule has 0 spiro atoms. The van der Waals surface area contributed by atoms with Gasteiger partial charge in [0.25, 0.3) is 0 Å². The number of amides is 2. The number of rotatable bonds is 5. The van der Waals surface area contributed by atoms with E-state index in [1.807, 2.05) is 0 Å². The zero-order valence-electron chi connectivity index (χ0n) is 11.3. The number of aliphatic carboxylic acids is 1. The van der Waals surface area contributed by atoms with Crippen LogP contribution in [0.1, 0.15) is 27.7 Å². The Balaban J connectivity index is 2.26. The molecule has 18 heavy (non-hydrogen) atoms. The highest BCUT2D eigenvalue weighted by Gasteiger charge is 2.64. The Kier molecular flexibility index (Phi) is 3.90. The van der Waals surface area contributed by atoms with Crippen LogP contribution in [0.25, 0.3) is 0 Å². The van der Waals surface area contributed by atoms with Crippen molar-refractivity contribution in [3.05, 3.63) is 0 Å². The number of aliphatic hydroxyl groups is 1. The van der Waals surface area contributed by atoms with Crippen molar-refractivity contribution in [2.75, 3.05) is 13.1 Å². The van der Waals surface area contributed by atoms with Crippen LogP contribution in [0, 0.1) is 16.7 Å². The fraction of sp³-hybridized carbons (Fsp3) is 0.833. The summed E-state index contributed by atoms with van der Waals surface area (Å²) in [6, 6.07) is -0.450. The molecule has 1 aliphatic rings. The number of carbonyl (C=O) groups excluding carboxylic acids is 1. The topological polar surface area (TPSA) is 98.7 Å². The van der Waals surface area contributed by atoms with Crippen LogP contribution >= 0.6 is 0 Å². The first-order valence-electron chi connectivity index (χ1n) is 6.03. The molecule has 0 aliphatic heterocycles. The molecule has 0 radical (unpaired) electrons. The van der Waals surface area contributed by atoms with Gasteiger partial charge in [-0.15, -0.1) is 0 Å². The molecule has 104 valence electrons. The second-order valence-electron chi connectivity index (χ2n) is 5.94. The van der Waals surface area contributed by atoms with Crippen molar-refractivity contribution in [1.29, 1.82) is 0 Å². The maximum Gasteiger partial charge on any atom is 0.334 e. The Morgan fingerprint density at radius 2 is 1.67 bits per heavy atom. The lowest BCUT2D eigenvalue weighted by molar-refractivity contribution is -0.146. The zero-order chi connectivity index (χ0) is 14.1. The number of carboxylic acids is 1. The predicted molar refractivity (Wildman–Crippen MR) is 66.1 cm³/mol. The van der Waals surface area contributed by atoms with E-state index in [1.165, 1.54) is 0 Å². The quantitative estimate of drug-likeness (QED) is 0.574. The van der Waals surface area contributed by atoms with Gasteiger partial charge in [0.05, 0.1) is 6.54 Å². The Bertz CT molecular complexity index is 338. The summed E-state index contributed by atoms with van der Waals surface area (Å²) in [5.74, 6) is -0.945. The minimum absolute atomic E-state index is 0.195. The number of carboxylic acid groups (broad SMARTS) is 1. The van der Waals surface area contributed by atoms with Crippen LogP contribution in [-0.4, -0.2) is 41.4 Å². The van der Waals surface area contributed by atoms with Gasteiger partial charge in [0.15, 0.2) is 6.10 Å². The van der Waals surface area contributed by atoms with Gasteiger partial charge in [-0.1, -0.05) is 27.7 Å². The van der Waals surface area contributed by atoms with Crippen molar-refractivity contribution in [2.24, 2.45) is 16.7 Å². The number of carbonyl (C=O) groups is 2. The molecule has 0 saturated heterocycles. The molecule has 0 aromatic carbocycles. The van der Waals surface area contributed by atoms with E-state index in [4.69, 9.17) is 10.2 Å². The summed E-state index contributed by atoms with van der Waals surface area (Å²) in [7, 11) is 0. The molecule has 0 aromatic heterocycles. The van der Waals surface area contributed by atoms with E-state index in [0.29, 0.717) is 12.5 Å². The van der Waals surface area contributed by atoms with Crippen LogP contribution in [0.5, 0.6) is 0 Å². The Morgan fingerprint density at radius 1 is 1.17 bits per heavy atom. The van der Waals surface area contributed by atoms with Crippen molar-refractivity contribution in [1.82, 2.24) is 10.6 Å². The lowest BCUT2D eigenvalue weighted by Gasteiger charge is -2.10. The number of urea groups is 1. The predicted octanol–water partition coefficient (Wildman–Crippen LogP) is 0.413. The molecule has 1 fully saturated rings. The average Bonchev–Trinajstić information content (AvgIpc) is 2.63. The normalized spacial score (nSPS) is 22.1. The van der Waals surface area contributed by atoms with Gasteiger partial charge in [-0.05, 0) is 16.7 Å². The van der Waals surface area contributed by atoms with Crippen LogP contribution in [0.2, 0.25) is 0 Å². The van der Waals surface area contributed by atoms with Crippen molar-refractivity contribution >= 4 is 12.0 Å². The lowest BCUT2D eigenvalue weighted by atomic mass is 10.0. The summed E-state index contributed by atoms with van der Waals surface area (Å²) < 4.78 is 0. The molecule has 0 aromatic rings. The van der Waals surface area contributed by atoms with Crippen LogP contribution in [-0.2, 0) is 4.79 Å². The molecule has 1 atom stereocenters. The number of aliphatic hydroxyl groups excluding tert-OH is 1. The second kappa shape index (κ2) is 4.76. The van der Waals surface area contributed by atoms with Crippen molar-refractivity contribution in [3.8, 4) is 0 Å². The Labute approximate surface area is 107 Å². The van der Waals surface area contributed by atoms with E-state index in [-0.39, 0.29) is 17.4 Å². The van der Waals surface area contributed by atoms with Crippen LogP contribution in [0.15, 0.2) is 0 Å². The zero-order valence-corrected chi connectivity index (χ0v) is 11.3. The molecule has 6 nitrogen and oxygen atoms in total. The van der Waals surface area contributed by atoms with Gasteiger partial charge in [0, 0.05) is 6.54 Å². The van der Waals surface area contributed by atoms with Crippen LogP contribution in [0.4, 0.5) is 4.79 Å². The standard InChI is InChI=1S/C12H22N2O4/c1-11(2)8(12(11,3)4)6-14-10(18)13-5-7(15)9(16)17/h7-8,15H,5-6H2,1-4H3,(H,16,17)(H2,13,14,18). The fourth-order valence-electron chi connectivity index (χ4n) is 2.38. The van der Waals surface area contributed by atoms with Crippen molar-refractivity contribution in [3.63, 3.8) is 0 Å². The van der Waals surface area contributed by atoms with Gasteiger partial charge in [-0.3, -0.25) is 0 Å². The summed E-state index contributed by atoms with van der Waals surface area (Å²) in [6.07, 6.45) is -1.57. The third kappa shape index (κ3) is 2.75. The van der Waals surface area contributed by atoms with Gasteiger partial charge in [-0.25, -0.2) is 9.59 Å². The summed E-state index contributed by atoms with van der Waals surface area (Å²) in [5, 5.41) is 22.4. The first kappa shape index (κ1) is 14.8. The van der Waals surface area contributed by atoms with E-state index < -0.39 is 18.1 Å². The SMILES string of the molecule is CC1(C)C(CNC(=O)NCC(O)C(=O)O)C1(C)C. The smallest absolute Gasteiger partial charge is 0.334 e. The largest absolute Gasteiger partial charge is 0.479 e. The van der Waals surface area contributed by atoms with Gasteiger partial charge >= 0.3 is 12.0 Å². The highest BCUT2D eigenvalue weighted by Crippen LogP contribution is 2.67. The third-order valence-electron chi connectivity index (χ3n) is 4.53. The molecule has 2 amide bonds. The lowest BCUT2D eigenvalue weighted by Crippen LogP contribution is -2.42. The van der Waals surface area contributed by atoms with Crippen molar-refractivity contribution in [2.45, 2.75) is 33.8 Å². The second-order valence-corrected chi connectivity index (χ2v) is 5.94. The minimum Gasteiger partial charge on any atom is -0.479 e. The third-order valence-corrected chi connectivity index (χ3v) is 4.53.